The van der Waals surface area contributed by atoms with Gasteiger partial charge in [-0.1, -0.05) is 6.07 Å². The summed E-state index contributed by atoms with van der Waals surface area (Å²) in [5.41, 5.74) is 0.935. The van der Waals surface area contributed by atoms with Gasteiger partial charge in [-0.25, -0.2) is 13.4 Å². The van der Waals surface area contributed by atoms with E-state index < -0.39 is 9.84 Å². The molecule has 162 valence electrons. The second-order valence-corrected chi connectivity index (χ2v) is 10.1. The van der Waals surface area contributed by atoms with Gasteiger partial charge < -0.3 is 14.2 Å². The van der Waals surface area contributed by atoms with E-state index in [4.69, 9.17) is 4.42 Å². The highest BCUT2D eigenvalue weighted by Gasteiger charge is 2.33. The Bertz CT molecular complexity index is 1170. The molecule has 0 aliphatic carbocycles. The number of pyridine rings is 1. The van der Waals surface area contributed by atoms with Crippen LogP contribution in [0.25, 0.3) is 11.5 Å². The maximum Gasteiger partial charge on any atom is 0.274 e. The number of piperazine rings is 1. The quantitative estimate of drug-likeness (QED) is 0.609. The fourth-order valence-corrected chi connectivity index (χ4v) is 5.89. The molecule has 5 heterocycles. The monoisotopic (exact) mass is 441 g/mol. The summed E-state index contributed by atoms with van der Waals surface area (Å²) in [7, 11) is -3.09. The lowest BCUT2D eigenvalue weighted by Crippen LogP contribution is -2.49. The summed E-state index contributed by atoms with van der Waals surface area (Å²) in [6.07, 6.45) is 3.80. The van der Waals surface area contributed by atoms with Crippen LogP contribution in [0.1, 0.15) is 23.0 Å². The Hall–Kier alpha value is -3.14. The van der Waals surface area contributed by atoms with Crippen molar-refractivity contribution in [2.75, 3.05) is 42.6 Å². The summed E-state index contributed by atoms with van der Waals surface area (Å²) in [6, 6.07) is 10.7. The van der Waals surface area contributed by atoms with Crippen LogP contribution in [0.3, 0.4) is 0 Å². The summed E-state index contributed by atoms with van der Waals surface area (Å²) in [6.45, 7) is 2.51. The molecule has 2 fully saturated rings. The maximum atomic E-state index is 13.2. The van der Waals surface area contributed by atoms with Crippen molar-refractivity contribution in [2.24, 2.45) is 0 Å². The Balaban J connectivity index is 1.37. The van der Waals surface area contributed by atoms with Gasteiger partial charge in [0.25, 0.3) is 5.91 Å². The molecule has 0 aromatic carbocycles. The van der Waals surface area contributed by atoms with Crippen LogP contribution in [0, 0.1) is 0 Å². The maximum absolute atomic E-state index is 13.2. The Morgan fingerprint density at radius 3 is 2.58 bits per heavy atom. The molecule has 1 atom stereocenters. The summed E-state index contributed by atoms with van der Waals surface area (Å²) >= 11 is 0. The fourth-order valence-electron chi connectivity index (χ4n) is 4.20. The predicted octanol–water partition coefficient (Wildman–Crippen LogP) is 1.86. The standard InChI is InChI=1S/C21H23N5O4S/c27-21(25-10-8-24(9-11-25)20-5-1-2-7-22-20)17-14-18(19-4-3-12-30-19)26(23-17)16-6-13-31(28,29)15-16/h1-5,7,12,14,16H,6,8-11,13,15H2. The molecular weight excluding hydrogens is 418 g/mol. The van der Waals surface area contributed by atoms with Crippen LogP contribution in [0.5, 0.6) is 0 Å². The lowest BCUT2D eigenvalue weighted by molar-refractivity contribution is 0.0739. The van der Waals surface area contributed by atoms with Crippen molar-refractivity contribution in [1.82, 2.24) is 19.7 Å². The predicted molar refractivity (Wildman–Crippen MR) is 115 cm³/mol. The van der Waals surface area contributed by atoms with E-state index in [1.807, 2.05) is 18.2 Å². The van der Waals surface area contributed by atoms with Crippen molar-refractivity contribution < 1.29 is 17.6 Å². The van der Waals surface area contributed by atoms with Crippen molar-refractivity contribution in [1.29, 1.82) is 0 Å². The molecule has 1 unspecified atom stereocenters. The molecule has 0 radical (unpaired) electrons. The zero-order valence-corrected chi connectivity index (χ0v) is 17.7. The van der Waals surface area contributed by atoms with E-state index in [0.29, 0.717) is 49.7 Å². The number of rotatable bonds is 4. The van der Waals surface area contributed by atoms with Crippen molar-refractivity contribution in [3.63, 3.8) is 0 Å². The zero-order chi connectivity index (χ0) is 21.4. The number of anilines is 1. The van der Waals surface area contributed by atoms with Crippen LogP contribution in [0.4, 0.5) is 5.82 Å². The molecule has 1 amide bonds. The van der Waals surface area contributed by atoms with Crippen LogP contribution in [0.2, 0.25) is 0 Å². The second-order valence-electron chi connectivity index (χ2n) is 7.86. The molecular formula is C21H23N5O4S. The smallest absolute Gasteiger partial charge is 0.274 e. The van der Waals surface area contributed by atoms with E-state index in [-0.39, 0.29) is 23.5 Å². The van der Waals surface area contributed by atoms with Crippen LogP contribution in [-0.2, 0) is 9.84 Å². The number of amides is 1. The number of furan rings is 1. The third-order valence-corrected chi connectivity index (χ3v) is 7.57. The lowest BCUT2D eigenvalue weighted by Gasteiger charge is -2.35. The molecule has 0 saturated carbocycles. The lowest BCUT2D eigenvalue weighted by atomic mass is 10.2. The molecule has 0 bridgehead atoms. The van der Waals surface area contributed by atoms with Gasteiger partial charge in [0.05, 0.1) is 23.8 Å². The summed E-state index contributed by atoms with van der Waals surface area (Å²) < 4.78 is 31.2. The molecule has 0 N–H and O–H groups in total. The number of sulfone groups is 1. The Kier molecular flexibility index (Phi) is 5.01. The van der Waals surface area contributed by atoms with Crippen molar-refractivity contribution >= 4 is 21.6 Å². The van der Waals surface area contributed by atoms with Gasteiger partial charge in [-0.15, -0.1) is 0 Å². The Labute approximate surface area is 180 Å². The van der Waals surface area contributed by atoms with Crippen LogP contribution in [0.15, 0.2) is 53.3 Å². The number of nitrogens with zero attached hydrogens (tertiary/aromatic N) is 5. The first-order valence-electron chi connectivity index (χ1n) is 10.3. The molecule has 9 nitrogen and oxygen atoms in total. The van der Waals surface area contributed by atoms with Crippen molar-refractivity contribution in [3.05, 3.63) is 54.6 Å². The van der Waals surface area contributed by atoms with Crippen LogP contribution in [-0.4, -0.2) is 71.7 Å². The van der Waals surface area contributed by atoms with Crippen LogP contribution < -0.4 is 4.90 Å². The van der Waals surface area contributed by atoms with Gasteiger partial charge >= 0.3 is 0 Å². The van der Waals surface area contributed by atoms with Gasteiger partial charge in [0.1, 0.15) is 11.5 Å². The topological polar surface area (TPSA) is 102 Å². The fraction of sp³-hybridized carbons (Fsp3) is 0.381. The van der Waals surface area contributed by atoms with Gasteiger partial charge in [0.15, 0.2) is 21.3 Å². The number of carbonyl (C=O) groups is 1. The Morgan fingerprint density at radius 1 is 1.10 bits per heavy atom. The molecule has 0 spiro atoms. The first-order chi connectivity index (χ1) is 15.0. The summed E-state index contributed by atoms with van der Waals surface area (Å²) in [5.74, 6) is 1.47. The molecule has 2 saturated heterocycles. The summed E-state index contributed by atoms with van der Waals surface area (Å²) in [4.78, 5) is 21.5. The average molecular weight is 442 g/mol. The van der Waals surface area contributed by atoms with E-state index in [9.17, 15) is 13.2 Å². The zero-order valence-electron chi connectivity index (χ0n) is 16.9. The first kappa shape index (κ1) is 19.8. The minimum absolute atomic E-state index is 0.0266. The SMILES string of the molecule is O=C(c1cc(-c2ccco2)n(C2CCS(=O)(=O)C2)n1)N1CCN(c2ccccn2)CC1. The largest absolute Gasteiger partial charge is 0.463 e. The number of aromatic nitrogens is 3. The second kappa shape index (κ2) is 7.84. The van der Waals surface area contributed by atoms with Gasteiger partial charge in [0.2, 0.25) is 0 Å². The number of carbonyl (C=O) groups excluding carboxylic acids is 1. The molecule has 2 aliphatic rings. The Morgan fingerprint density at radius 2 is 1.94 bits per heavy atom. The minimum Gasteiger partial charge on any atom is -0.463 e. The van der Waals surface area contributed by atoms with E-state index in [2.05, 4.69) is 15.0 Å². The van der Waals surface area contributed by atoms with E-state index >= 15 is 0 Å². The first-order valence-corrected chi connectivity index (χ1v) is 12.1. The van der Waals surface area contributed by atoms with Gasteiger partial charge in [-0.2, -0.15) is 5.10 Å². The van der Waals surface area contributed by atoms with Gasteiger partial charge in [0, 0.05) is 38.4 Å². The molecule has 2 aliphatic heterocycles. The third kappa shape index (κ3) is 3.95. The molecule has 10 heteroatoms. The van der Waals surface area contributed by atoms with Crippen molar-refractivity contribution in [2.45, 2.75) is 12.5 Å². The van der Waals surface area contributed by atoms with E-state index in [0.717, 1.165) is 5.82 Å². The summed E-state index contributed by atoms with van der Waals surface area (Å²) in [5, 5.41) is 4.54. The highest BCUT2D eigenvalue weighted by molar-refractivity contribution is 7.91. The number of hydrogen-bond donors (Lipinski definition) is 0. The van der Waals surface area contributed by atoms with Crippen LogP contribution >= 0.6 is 0 Å². The van der Waals surface area contributed by atoms with E-state index in [1.165, 1.54) is 0 Å². The molecule has 5 rings (SSSR count). The van der Waals surface area contributed by atoms with Gasteiger partial charge in [-0.05, 0) is 30.7 Å². The highest BCUT2D eigenvalue weighted by atomic mass is 32.2. The number of hydrogen-bond acceptors (Lipinski definition) is 7. The van der Waals surface area contributed by atoms with E-state index in [1.54, 1.807) is 40.2 Å². The highest BCUT2D eigenvalue weighted by Crippen LogP contribution is 2.30. The average Bonchev–Trinajstić information content (AvgIpc) is 3.53. The third-order valence-electron chi connectivity index (χ3n) is 5.82. The normalized spacial score (nSPS) is 20.8. The molecule has 3 aromatic heterocycles. The van der Waals surface area contributed by atoms with Crippen molar-refractivity contribution in [3.8, 4) is 11.5 Å². The molecule has 3 aromatic rings. The van der Waals surface area contributed by atoms with Gasteiger partial charge in [-0.3, -0.25) is 9.48 Å². The molecule has 31 heavy (non-hydrogen) atoms. The minimum atomic E-state index is -3.09.